The zero-order valence-corrected chi connectivity index (χ0v) is 16.4. The van der Waals surface area contributed by atoms with Gasteiger partial charge in [-0.2, -0.15) is 5.26 Å². The van der Waals surface area contributed by atoms with Gasteiger partial charge in [0.2, 0.25) is 0 Å². The van der Waals surface area contributed by atoms with Crippen molar-refractivity contribution in [2.45, 2.75) is 13.8 Å². The number of hydrogen-bond donors (Lipinski definition) is 2. The van der Waals surface area contributed by atoms with Crippen LogP contribution in [0, 0.1) is 18.3 Å². The lowest BCUT2D eigenvalue weighted by molar-refractivity contribution is -0.106. The molecule has 5 nitrogen and oxygen atoms in total. The van der Waals surface area contributed by atoms with Gasteiger partial charge in [0, 0.05) is 47.7 Å². The number of pyridine rings is 1. The number of benzene rings is 2. The monoisotopic (exact) mass is 372 g/mol. The summed E-state index contributed by atoms with van der Waals surface area (Å²) in [4.78, 5) is 13.3. The Labute approximate surface area is 165 Å². The van der Waals surface area contributed by atoms with Crippen LogP contribution in [-0.2, 0) is 4.79 Å². The third-order valence-corrected chi connectivity index (χ3v) is 4.21. The molecular weight excluding hydrogens is 348 g/mol. The van der Waals surface area contributed by atoms with Gasteiger partial charge in [0.05, 0.1) is 11.8 Å². The van der Waals surface area contributed by atoms with Crippen molar-refractivity contribution in [2.75, 3.05) is 24.2 Å². The fourth-order valence-corrected chi connectivity index (χ4v) is 2.80. The predicted octanol–water partition coefficient (Wildman–Crippen LogP) is 4.95. The van der Waals surface area contributed by atoms with Crippen LogP contribution in [0.25, 0.3) is 22.0 Å². The highest BCUT2D eigenvalue weighted by Gasteiger charge is 2.08. The molecule has 2 N–H and O–H groups in total. The van der Waals surface area contributed by atoms with E-state index in [-0.39, 0.29) is 0 Å². The maximum absolute atomic E-state index is 8.93. The van der Waals surface area contributed by atoms with Crippen LogP contribution in [0.15, 0.2) is 60.8 Å². The average Bonchev–Trinajstić information content (AvgIpc) is 2.73. The number of rotatable bonds is 5. The molecule has 0 aliphatic carbocycles. The molecule has 1 aromatic heterocycles. The third-order valence-electron chi connectivity index (χ3n) is 4.21. The van der Waals surface area contributed by atoms with E-state index in [4.69, 9.17) is 10.1 Å². The SMILES string of the molecule is C=C(C#N)CNc1c(C)ccc2ccc(-c3cc(NC)ccn3)cc12.CC=O. The lowest BCUT2D eigenvalue weighted by Gasteiger charge is -2.14. The zero-order valence-electron chi connectivity index (χ0n) is 16.4. The van der Waals surface area contributed by atoms with E-state index < -0.39 is 0 Å². The Balaban J connectivity index is 0.000000878. The number of carbonyl (C=O) groups is 1. The van der Waals surface area contributed by atoms with E-state index in [0.717, 1.165) is 45.3 Å². The van der Waals surface area contributed by atoms with Crippen LogP contribution in [0.4, 0.5) is 11.4 Å². The smallest absolute Gasteiger partial charge is 0.116 e. The van der Waals surface area contributed by atoms with Crippen LogP contribution in [0.3, 0.4) is 0 Å². The first-order valence-corrected chi connectivity index (χ1v) is 8.93. The maximum atomic E-state index is 8.93. The highest BCUT2D eigenvalue weighted by Crippen LogP contribution is 2.31. The number of aryl methyl sites for hydroxylation is 1. The molecule has 142 valence electrons. The van der Waals surface area contributed by atoms with Gasteiger partial charge < -0.3 is 15.4 Å². The molecule has 2 aromatic carbocycles. The molecule has 0 atom stereocenters. The van der Waals surface area contributed by atoms with Crippen LogP contribution in [0.5, 0.6) is 0 Å². The molecule has 0 fully saturated rings. The van der Waals surface area contributed by atoms with Gasteiger partial charge in [-0.3, -0.25) is 4.98 Å². The number of nitrogens with one attached hydrogen (secondary N) is 2. The van der Waals surface area contributed by atoms with E-state index in [9.17, 15) is 0 Å². The van der Waals surface area contributed by atoms with E-state index in [1.807, 2.05) is 19.2 Å². The fraction of sp³-hybridized carbons (Fsp3) is 0.174. The number of hydrogen-bond acceptors (Lipinski definition) is 5. The van der Waals surface area contributed by atoms with Gasteiger partial charge in [-0.15, -0.1) is 0 Å². The molecule has 0 amide bonds. The van der Waals surface area contributed by atoms with Crippen molar-refractivity contribution in [3.8, 4) is 17.3 Å². The summed E-state index contributed by atoms with van der Waals surface area (Å²) >= 11 is 0. The largest absolute Gasteiger partial charge is 0.388 e. The topological polar surface area (TPSA) is 77.8 Å². The Morgan fingerprint density at radius 3 is 2.64 bits per heavy atom. The molecule has 5 heteroatoms. The molecule has 3 rings (SSSR count). The van der Waals surface area contributed by atoms with Crippen LogP contribution in [0.1, 0.15) is 12.5 Å². The lowest BCUT2D eigenvalue weighted by atomic mass is 10.00. The first-order chi connectivity index (χ1) is 13.5. The zero-order chi connectivity index (χ0) is 20.5. The number of carbonyl (C=O) groups excluding carboxylic acids is 1. The Morgan fingerprint density at radius 1 is 1.25 bits per heavy atom. The van der Waals surface area contributed by atoms with Crippen molar-refractivity contribution in [3.63, 3.8) is 0 Å². The first-order valence-electron chi connectivity index (χ1n) is 8.93. The summed E-state index contributed by atoms with van der Waals surface area (Å²) in [5, 5.41) is 17.7. The van der Waals surface area contributed by atoms with Crippen LogP contribution in [-0.4, -0.2) is 24.9 Å². The van der Waals surface area contributed by atoms with Gasteiger partial charge in [0.1, 0.15) is 6.29 Å². The molecule has 0 aliphatic rings. The summed E-state index contributed by atoms with van der Waals surface area (Å²) in [6.07, 6.45) is 2.55. The third kappa shape index (κ3) is 4.95. The number of aldehydes is 1. The first kappa shape index (κ1) is 20.7. The lowest BCUT2D eigenvalue weighted by Crippen LogP contribution is -2.05. The van der Waals surface area contributed by atoms with Crippen molar-refractivity contribution in [1.82, 2.24) is 4.98 Å². The van der Waals surface area contributed by atoms with Gasteiger partial charge in [-0.05, 0) is 43.0 Å². The van der Waals surface area contributed by atoms with Crippen molar-refractivity contribution in [2.24, 2.45) is 0 Å². The van der Waals surface area contributed by atoms with E-state index in [0.29, 0.717) is 12.1 Å². The molecular formula is C23H24N4O. The molecule has 0 unspecified atom stereocenters. The van der Waals surface area contributed by atoms with Gasteiger partial charge in [0.15, 0.2) is 0 Å². The second kappa shape index (κ2) is 9.89. The molecule has 0 radical (unpaired) electrons. The van der Waals surface area contributed by atoms with Crippen molar-refractivity contribution >= 4 is 28.4 Å². The maximum Gasteiger partial charge on any atom is 0.116 e. The van der Waals surface area contributed by atoms with E-state index in [2.05, 4.69) is 65.5 Å². The highest BCUT2D eigenvalue weighted by molar-refractivity contribution is 5.98. The van der Waals surface area contributed by atoms with Gasteiger partial charge in [-0.1, -0.05) is 30.8 Å². The highest BCUT2D eigenvalue weighted by atomic mass is 16.1. The number of nitrogens with zero attached hydrogens (tertiary/aromatic N) is 2. The Hall–Kier alpha value is -3.65. The predicted molar refractivity (Wildman–Crippen MR) is 116 cm³/mol. The Morgan fingerprint density at radius 2 is 1.96 bits per heavy atom. The summed E-state index contributed by atoms with van der Waals surface area (Å²) in [6.45, 7) is 7.68. The van der Waals surface area contributed by atoms with Crippen molar-refractivity contribution in [3.05, 3.63) is 66.4 Å². The molecule has 0 bridgehead atoms. The number of aromatic nitrogens is 1. The van der Waals surface area contributed by atoms with Crippen molar-refractivity contribution in [1.29, 1.82) is 5.26 Å². The molecule has 0 aliphatic heterocycles. The molecule has 3 aromatic rings. The average molecular weight is 372 g/mol. The quantitative estimate of drug-likeness (QED) is 0.489. The minimum atomic E-state index is 0.439. The van der Waals surface area contributed by atoms with E-state index in [1.165, 1.54) is 6.92 Å². The summed E-state index contributed by atoms with van der Waals surface area (Å²) in [5.74, 6) is 0. The number of anilines is 2. The van der Waals surface area contributed by atoms with E-state index >= 15 is 0 Å². The molecule has 1 heterocycles. The normalized spacial score (nSPS) is 9.64. The molecule has 0 spiro atoms. The second-order valence-corrected chi connectivity index (χ2v) is 6.18. The Bertz CT molecular complexity index is 1030. The second-order valence-electron chi connectivity index (χ2n) is 6.18. The summed E-state index contributed by atoms with van der Waals surface area (Å²) in [6, 6.07) is 16.6. The number of nitriles is 1. The van der Waals surface area contributed by atoms with Gasteiger partial charge in [-0.25, -0.2) is 0 Å². The number of fused-ring (bicyclic) bond motifs is 1. The molecule has 0 saturated heterocycles. The molecule has 28 heavy (non-hydrogen) atoms. The Kier molecular flexibility index (Phi) is 7.29. The van der Waals surface area contributed by atoms with Crippen LogP contribution >= 0.6 is 0 Å². The van der Waals surface area contributed by atoms with Crippen LogP contribution in [0.2, 0.25) is 0 Å². The summed E-state index contributed by atoms with van der Waals surface area (Å²) in [5.41, 5.74) is 5.67. The van der Waals surface area contributed by atoms with Crippen LogP contribution < -0.4 is 10.6 Å². The van der Waals surface area contributed by atoms with Crippen molar-refractivity contribution < 1.29 is 4.79 Å². The minimum absolute atomic E-state index is 0.439. The summed E-state index contributed by atoms with van der Waals surface area (Å²) in [7, 11) is 1.90. The van der Waals surface area contributed by atoms with Gasteiger partial charge in [0.25, 0.3) is 0 Å². The minimum Gasteiger partial charge on any atom is -0.388 e. The fourth-order valence-electron chi connectivity index (χ4n) is 2.80. The molecule has 0 saturated carbocycles. The standard InChI is InChI=1S/C21H20N4.C2H4O/c1-14(12-22)13-25-21-15(2)4-5-16-6-7-17(10-19(16)21)20-11-18(23-3)8-9-24-20;1-2-3/h4-11,25H,1,13H2,2-3H3,(H,23,24);2H,1H3. The van der Waals surface area contributed by atoms with Gasteiger partial charge >= 0.3 is 0 Å². The van der Waals surface area contributed by atoms with E-state index in [1.54, 1.807) is 6.20 Å². The summed E-state index contributed by atoms with van der Waals surface area (Å²) < 4.78 is 0.